The molecule has 1 amide bonds. The third kappa shape index (κ3) is 7.14. The number of anilines is 1. The second-order valence-electron chi connectivity index (χ2n) is 8.26. The van der Waals surface area contributed by atoms with Gasteiger partial charge < -0.3 is 9.64 Å². The van der Waals surface area contributed by atoms with Gasteiger partial charge >= 0.3 is 0 Å². The van der Waals surface area contributed by atoms with Crippen LogP contribution in [0.15, 0.2) is 47.4 Å². The number of benzene rings is 2. The third-order valence-corrected chi connectivity index (χ3v) is 7.14. The molecule has 180 valence electrons. The molecule has 0 spiro atoms. The van der Waals surface area contributed by atoms with Crippen molar-refractivity contribution in [2.45, 2.75) is 24.7 Å². The fraction of sp³-hybridized carbons (Fsp3) is 0.391. The Morgan fingerprint density at radius 2 is 1.76 bits per heavy atom. The summed E-state index contributed by atoms with van der Waals surface area (Å²) in [5, 5.41) is 0.524. The van der Waals surface area contributed by atoms with Crippen molar-refractivity contribution in [3.8, 4) is 5.75 Å². The molecule has 0 saturated heterocycles. The van der Waals surface area contributed by atoms with Crippen LogP contribution in [0.25, 0.3) is 10.2 Å². The van der Waals surface area contributed by atoms with E-state index < -0.39 is 9.84 Å². The van der Waals surface area contributed by atoms with Crippen LogP contribution in [-0.2, 0) is 14.6 Å². The van der Waals surface area contributed by atoms with Crippen LogP contribution < -0.4 is 9.64 Å². The average Bonchev–Trinajstić information content (AvgIpc) is 3.14. The minimum atomic E-state index is -3.32. The Labute approximate surface area is 205 Å². The molecular weight excluding hydrogens is 482 g/mol. The first-order chi connectivity index (χ1) is 15.0. The maximum atomic E-state index is 13.1. The lowest BCUT2D eigenvalue weighted by Gasteiger charge is -2.22. The highest BCUT2D eigenvalue weighted by atomic mass is 35.5. The molecule has 0 aliphatic carbocycles. The number of rotatable bonds is 9. The summed E-state index contributed by atoms with van der Waals surface area (Å²) in [6, 6.07) is 12.6. The number of ether oxygens (including phenoxy) is 1. The van der Waals surface area contributed by atoms with Gasteiger partial charge in [-0.05, 0) is 55.9 Å². The van der Waals surface area contributed by atoms with E-state index >= 15 is 0 Å². The van der Waals surface area contributed by atoms with Crippen molar-refractivity contribution in [2.24, 2.45) is 0 Å². The Kier molecular flexibility index (Phi) is 9.25. The average molecular weight is 512 g/mol. The molecule has 1 heterocycles. The van der Waals surface area contributed by atoms with Gasteiger partial charge in [-0.1, -0.05) is 37.3 Å². The van der Waals surface area contributed by atoms with Crippen LogP contribution in [0, 0.1) is 0 Å². The Hall–Kier alpha value is -2.20. The smallest absolute Gasteiger partial charge is 0.266 e. The molecule has 10 heteroatoms. The van der Waals surface area contributed by atoms with Gasteiger partial charge in [-0.25, -0.2) is 13.4 Å². The standard InChI is InChI=1S/C23H29N3O4S2.ClH/c1-16(2)17-6-8-18(9-7-17)30-15-22(27)26(13-12-25(3)4)23-24-20-11-10-19(32(5,28)29)14-21(20)31-23;/h6-11,14,16H,12-13,15H2,1-5H3;1H. The number of sulfone groups is 1. The Morgan fingerprint density at radius 3 is 2.33 bits per heavy atom. The molecule has 1 aromatic heterocycles. The largest absolute Gasteiger partial charge is 0.484 e. The summed E-state index contributed by atoms with van der Waals surface area (Å²) in [7, 11) is 0.554. The van der Waals surface area contributed by atoms with Gasteiger partial charge in [0.15, 0.2) is 21.6 Å². The first-order valence-electron chi connectivity index (χ1n) is 10.3. The van der Waals surface area contributed by atoms with Gasteiger partial charge in [0.25, 0.3) is 5.91 Å². The predicted octanol–water partition coefficient (Wildman–Crippen LogP) is 4.22. The van der Waals surface area contributed by atoms with Crippen LogP contribution in [0.5, 0.6) is 5.75 Å². The van der Waals surface area contributed by atoms with Crippen LogP contribution in [0.2, 0.25) is 0 Å². The molecule has 0 unspecified atom stereocenters. The highest BCUT2D eigenvalue weighted by molar-refractivity contribution is 7.90. The topological polar surface area (TPSA) is 79.8 Å². The van der Waals surface area contributed by atoms with Crippen molar-refractivity contribution in [3.63, 3.8) is 0 Å². The minimum Gasteiger partial charge on any atom is -0.484 e. The highest BCUT2D eigenvalue weighted by Gasteiger charge is 2.21. The molecule has 0 N–H and O–H groups in total. The number of nitrogens with zero attached hydrogens (tertiary/aromatic N) is 3. The zero-order valence-corrected chi connectivity index (χ0v) is 21.9. The van der Waals surface area contributed by atoms with Crippen molar-refractivity contribution in [1.29, 1.82) is 0 Å². The predicted molar refractivity (Wildman–Crippen MR) is 137 cm³/mol. The van der Waals surface area contributed by atoms with E-state index in [0.29, 0.717) is 35.4 Å². The summed E-state index contributed by atoms with van der Waals surface area (Å²) < 4.78 is 30.2. The fourth-order valence-electron chi connectivity index (χ4n) is 3.04. The number of hydrogen-bond donors (Lipinski definition) is 0. The lowest BCUT2D eigenvalue weighted by Crippen LogP contribution is -2.39. The Balaban J connectivity index is 0.00000385. The molecule has 0 atom stereocenters. The van der Waals surface area contributed by atoms with E-state index in [4.69, 9.17) is 4.74 Å². The quantitative estimate of drug-likeness (QED) is 0.428. The summed E-state index contributed by atoms with van der Waals surface area (Å²) in [6.07, 6.45) is 1.17. The van der Waals surface area contributed by atoms with Gasteiger partial charge in [0, 0.05) is 19.3 Å². The SMILES string of the molecule is CC(C)c1ccc(OCC(=O)N(CCN(C)C)c2nc3ccc(S(C)(=O)=O)cc3s2)cc1.Cl. The van der Waals surface area contributed by atoms with E-state index in [2.05, 4.69) is 18.8 Å². The normalized spacial score (nSPS) is 11.6. The summed E-state index contributed by atoms with van der Waals surface area (Å²) in [5.74, 6) is 0.856. The first kappa shape index (κ1) is 27.0. The number of halogens is 1. The van der Waals surface area contributed by atoms with E-state index in [1.165, 1.54) is 29.2 Å². The number of hydrogen-bond acceptors (Lipinski definition) is 7. The second-order valence-corrected chi connectivity index (χ2v) is 11.3. The van der Waals surface area contributed by atoms with Crippen molar-refractivity contribution in [2.75, 3.05) is 44.9 Å². The van der Waals surface area contributed by atoms with Crippen molar-refractivity contribution in [1.82, 2.24) is 9.88 Å². The molecule has 0 saturated carbocycles. The van der Waals surface area contributed by atoms with E-state index in [0.717, 1.165) is 4.70 Å². The summed E-state index contributed by atoms with van der Waals surface area (Å²) >= 11 is 1.30. The van der Waals surface area contributed by atoms with E-state index in [1.807, 2.05) is 43.3 Å². The molecule has 0 radical (unpaired) electrons. The number of carbonyl (C=O) groups excluding carboxylic acids is 1. The molecule has 0 bridgehead atoms. The molecule has 0 aliphatic heterocycles. The van der Waals surface area contributed by atoms with E-state index in [1.54, 1.807) is 17.0 Å². The first-order valence-corrected chi connectivity index (χ1v) is 13.0. The minimum absolute atomic E-state index is 0. The van der Waals surface area contributed by atoms with Crippen molar-refractivity contribution < 1.29 is 17.9 Å². The highest BCUT2D eigenvalue weighted by Crippen LogP contribution is 2.31. The fourth-order valence-corrected chi connectivity index (χ4v) is 4.81. The molecule has 33 heavy (non-hydrogen) atoms. The number of thiazole rings is 1. The lowest BCUT2D eigenvalue weighted by molar-refractivity contribution is -0.120. The molecule has 0 aliphatic rings. The number of likely N-dealkylation sites (N-methyl/N-ethyl adjacent to an activating group) is 1. The van der Waals surface area contributed by atoms with E-state index in [-0.39, 0.29) is 29.8 Å². The second kappa shape index (κ2) is 11.3. The molecule has 3 rings (SSSR count). The monoisotopic (exact) mass is 511 g/mol. The van der Waals surface area contributed by atoms with E-state index in [9.17, 15) is 13.2 Å². The Bertz CT molecular complexity index is 1190. The van der Waals surface area contributed by atoms with Crippen LogP contribution in [0.1, 0.15) is 25.3 Å². The third-order valence-electron chi connectivity index (χ3n) is 4.99. The lowest BCUT2D eigenvalue weighted by atomic mass is 10.0. The van der Waals surface area contributed by atoms with Gasteiger partial charge in [0.1, 0.15) is 5.75 Å². The maximum Gasteiger partial charge on any atom is 0.266 e. The maximum absolute atomic E-state index is 13.1. The van der Waals surface area contributed by atoms with Crippen LogP contribution >= 0.6 is 23.7 Å². The zero-order valence-electron chi connectivity index (χ0n) is 19.4. The molecule has 0 fully saturated rings. The van der Waals surface area contributed by atoms with Crippen molar-refractivity contribution >= 4 is 54.8 Å². The summed E-state index contributed by atoms with van der Waals surface area (Å²) in [6.45, 7) is 5.23. The summed E-state index contributed by atoms with van der Waals surface area (Å²) in [5.41, 5.74) is 1.87. The number of carbonyl (C=O) groups is 1. The zero-order chi connectivity index (χ0) is 23.5. The number of aromatic nitrogens is 1. The van der Waals surface area contributed by atoms with Crippen LogP contribution in [0.4, 0.5) is 5.13 Å². The van der Waals surface area contributed by atoms with Crippen molar-refractivity contribution in [3.05, 3.63) is 48.0 Å². The van der Waals surface area contributed by atoms with Crippen LogP contribution in [0.3, 0.4) is 0 Å². The molecule has 7 nitrogen and oxygen atoms in total. The molecular formula is C23H30ClN3O4S2. The number of amides is 1. The molecule has 3 aromatic rings. The van der Waals surface area contributed by atoms with Gasteiger partial charge in [-0.15, -0.1) is 12.4 Å². The van der Waals surface area contributed by atoms with Gasteiger partial charge in [0.05, 0.1) is 15.1 Å². The van der Waals surface area contributed by atoms with Crippen LogP contribution in [-0.4, -0.2) is 64.3 Å². The van der Waals surface area contributed by atoms with Gasteiger partial charge in [0.2, 0.25) is 0 Å². The number of fused-ring (bicyclic) bond motifs is 1. The van der Waals surface area contributed by atoms with Gasteiger partial charge in [-0.2, -0.15) is 0 Å². The summed E-state index contributed by atoms with van der Waals surface area (Å²) in [4.78, 5) is 21.5. The van der Waals surface area contributed by atoms with Gasteiger partial charge in [-0.3, -0.25) is 9.69 Å². The Morgan fingerprint density at radius 1 is 1.09 bits per heavy atom. The molecule has 2 aromatic carbocycles.